The summed E-state index contributed by atoms with van der Waals surface area (Å²) in [5.74, 6) is 1.74. The van der Waals surface area contributed by atoms with E-state index in [0.29, 0.717) is 17.3 Å². The number of ether oxygens (including phenoxy) is 1. The maximum Gasteiger partial charge on any atom is 0.339 e. The van der Waals surface area contributed by atoms with Crippen LogP contribution in [0.15, 0.2) is 24.3 Å². The molecule has 0 saturated heterocycles. The fraction of sp³-hybridized carbons (Fsp3) is 0.286. The summed E-state index contributed by atoms with van der Waals surface area (Å²) < 4.78 is 4.78. The van der Waals surface area contributed by atoms with E-state index in [-0.39, 0.29) is 12.6 Å². The minimum atomic E-state index is -0.480. The highest BCUT2D eigenvalue weighted by Gasteiger charge is 2.23. The van der Waals surface area contributed by atoms with Crippen LogP contribution in [0.4, 0.5) is 10.5 Å². The third-order valence-electron chi connectivity index (χ3n) is 2.58. The van der Waals surface area contributed by atoms with E-state index in [1.807, 2.05) is 0 Å². The van der Waals surface area contributed by atoms with E-state index in [1.54, 1.807) is 24.3 Å². The fourth-order valence-electron chi connectivity index (χ4n) is 1.46. The van der Waals surface area contributed by atoms with E-state index in [4.69, 9.17) is 11.2 Å². The zero-order chi connectivity index (χ0) is 13.7. The Balaban J connectivity index is 1.88. The number of hydrogen-bond donors (Lipinski definition) is 2. The van der Waals surface area contributed by atoms with E-state index in [1.165, 1.54) is 0 Å². The van der Waals surface area contributed by atoms with Gasteiger partial charge >= 0.3 is 12.0 Å². The Morgan fingerprint density at radius 2 is 2.00 bits per heavy atom. The van der Waals surface area contributed by atoms with Crippen LogP contribution in [0.1, 0.15) is 23.2 Å². The Kier molecular flexibility index (Phi) is 4.04. The number of esters is 1. The van der Waals surface area contributed by atoms with Crippen molar-refractivity contribution < 1.29 is 14.3 Å². The monoisotopic (exact) mass is 258 g/mol. The molecular weight excluding hydrogens is 244 g/mol. The number of hydrogen-bond acceptors (Lipinski definition) is 3. The molecule has 19 heavy (non-hydrogen) atoms. The molecule has 0 atom stereocenters. The zero-order valence-corrected chi connectivity index (χ0v) is 10.3. The Morgan fingerprint density at radius 1 is 1.32 bits per heavy atom. The molecule has 0 aliphatic heterocycles. The second kappa shape index (κ2) is 5.91. The van der Waals surface area contributed by atoms with Crippen LogP contribution in [0.25, 0.3) is 0 Å². The van der Waals surface area contributed by atoms with E-state index in [2.05, 4.69) is 16.6 Å². The number of benzene rings is 1. The molecule has 1 aromatic carbocycles. The van der Waals surface area contributed by atoms with Crippen LogP contribution < -0.4 is 10.6 Å². The predicted octanol–water partition coefficient (Wildman–Crippen LogP) is 1.76. The summed E-state index contributed by atoms with van der Waals surface area (Å²) in [7, 11) is 0. The minimum Gasteiger partial charge on any atom is -0.449 e. The molecule has 5 heteroatoms. The van der Waals surface area contributed by atoms with Crippen LogP contribution in [-0.2, 0) is 4.74 Å². The minimum absolute atomic E-state index is 0.0529. The molecular formula is C14H14N2O3. The smallest absolute Gasteiger partial charge is 0.339 e. The third-order valence-corrected chi connectivity index (χ3v) is 2.58. The van der Waals surface area contributed by atoms with Gasteiger partial charge in [-0.25, -0.2) is 9.59 Å². The van der Waals surface area contributed by atoms with Gasteiger partial charge in [0.15, 0.2) is 6.61 Å². The van der Waals surface area contributed by atoms with Gasteiger partial charge in [-0.05, 0) is 37.1 Å². The summed E-state index contributed by atoms with van der Waals surface area (Å²) in [5.41, 5.74) is 1.01. The van der Waals surface area contributed by atoms with E-state index in [0.717, 1.165) is 12.8 Å². The van der Waals surface area contributed by atoms with Crippen molar-refractivity contribution in [3.8, 4) is 12.3 Å². The molecule has 1 aliphatic carbocycles. The molecule has 1 aliphatic rings. The zero-order valence-electron chi connectivity index (χ0n) is 10.3. The van der Waals surface area contributed by atoms with Crippen molar-refractivity contribution in [2.24, 2.45) is 0 Å². The molecule has 1 fully saturated rings. The first-order valence-corrected chi connectivity index (χ1v) is 5.97. The Morgan fingerprint density at radius 3 is 2.58 bits per heavy atom. The van der Waals surface area contributed by atoms with Crippen molar-refractivity contribution in [1.82, 2.24) is 5.32 Å². The Bertz CT molecular complexity index is 512. The Labute approximate surface area is 111 Å². The molecule has 0 bridgehead atoms. The van der Waals surface area contributed by atoms with Crippen molar-refractivity contribution in [3.63, 3.8) is 0 Å². The largest absolute Gasteiger partial charge is 0.449 e. The normalized spacial score (nSPS) is 13.2. The fourth-order valence-corrected chi connectivity index (χ4v) is 1.46. The molecule has 1 saturated carbocycles. The lowest BCUT2D eigenvalue weighted by Gasteiger charge is -2.07. The Hall–Kier alpha value is -2.48. The molecule has 0 aromatic heterocycles. The number of nitrogens with one attached hydrogen (secondary N) is 2. The maximum atomic E-state index is 11.5. The van der Waals surface area contributed by atoms with Gasteiger partial charge in [0, 0.05) is 11.7 Å². The van der Waals surface area contributed by atoms with Gasteiger partial charge in [0.2, 0.25) is 0 Å². The summed E-state index contributed by atoms with van der Waals surface area (Å²) in [5, 5.41) is 5.49. The van der Waals surface area contributed by atoms with Gasteiger partial charge in [-0.3, -0.25) is 0 Å². The lowest BCUT2D eigenvalue weighted by molar-refractivity contribution is 0.0557. The third kappa shape index (κ3) is 4.03. The summed E-state index contributed by atoms with van der Waals surface area (Å²) in [6.07, 6.45) is 7.07. The molecule has 5 nitrogen and oxygen atoms in total. The van der Waals surface area contributed by atoms with Crippen LogP contribution in [0, 0.1) is 12.3 Å². The number of carbonyl (C=O) groups excluding carboxylic acids is 2. The van der Waals surface area contributed by atoms with Crippen LogP contribution >= 0.6 is 0 Å². The molecule has 2 N–H and O–H groups in total. The molecule has 0 heterocycles. The number of terminal acetylenes is 1. The van der Waals surface area contributed by atoms with Crippen molar-refractivity contribution >= 4 is 17.7 Å². The molecule has 2 amide bonds. The van der Waals surface area contributed by atoms with Gasteiger partial charge in [0.1, 0.15) is 0 Å². The van der Waals surface area contributed by atoms with Gasteiger partial charge < -0.3 is 15.4 Å². The SMILES string of the molecule is C#CCOC(=O)c1ccc(NC(=O)NC2CC2)cc1. The highest BCUT2D eigenvalue weighted by Crippen LogP contribution is 2.19. The van der Waals surface area contributed by atoms with E-state index < -0.39 is 5.97 Å². The van der Waals surface area contributed by atoms with Crippen molar-refractivity contribution in [2.75, 3.05) is 11.9 Å². The highest BCUT2D eigenvalue weighted by molar-refractivity contribution is 5.92. The number of urea groups is 1. The van der Waals surface area contributed by atoms with E-state index in [9.17, 15) is 9.59 Å². The molecule has 2 rings (SSSR count). The first-order valence-electron chi connectivity index (χ1n) is 5.97. The van der Waals surface area contributed by atoms with Crippen LogP contribution in [0.3, 0.4) is 0 Å². The van der Waals surface area contributed by atoms with Crippen LogP contribution in [0.2, 0.25) is 0 Å². The van der Waals surface area contributed by atoms with Crippen molar-refractivity contribution in [1.29, 1.82) is 0 Å². The molecule has 0 spiro atoms. The van der Waals surface area contributed by atoms with Gasteiger partial charge in [-0.1, -0.05) is 5.92 Å². The summed E-state index contributed by atoms with van der Waals surface area (Å²) >= 11 is 0. The number of rotatable bonds is 4. The lowest BCUT2D eigenvalue weighted by atomic mass is 10.2. The number of anilines is 1. The molecule has 1 aromatic rings. The molecule has 0 unspecified atom stereocenters. The van der Waals surface area contributed by atoms with Crippen LogP contribution in [0.5, 0.6) is 0 Å². The predicted molar refractivity (Wildman–Crippen MR) is 70.7 cm³/mol. The topological polar surface area (TPSA) is 67.4 Å². The first-order chi connectivity index (χ1) is 9.19. The maximum absolute atomic E-state index is 11.5. The summed E-state index contributed by atoms with van der Waals surface area (Å²) in [6.45, 7) is -0.0529. The second-order valence-electron chi connectivity index (χ2n) is 4.23. The van der Waals surface area contributed by atoms with Gasteiger partial charge in [0.25, 0.3) is 0 Å². The van der Waals surface area contributed by atoms with Gasteiger partial charge in [-0.15, -0.1) is 6.42 Å². The first kappa shape index (κ1) is 13.0. The number of carbonyl (C=O) groups is 2. The van der Waals surface area contributed by atoms with Gasteiger partial charge in [-0.2, -0.15) is 0 Å². The lowest BCUT2D eigenvalue weighted by Crippen LogP contribution is -2.30. The van der Waals surface area contributed by atoms with Gasteiger partial charge in [0.05, 0.1) is 5.56 Å². The van der Waals surface area contributed by atoms with Crippen LogP contribution in [-0.4, -0.2) is 24.6 Å². The van der Waals surface area contributed by atoms with Crippen molar-refractivity contribution in [2.45, 2.75) is 18.9 Å². The highest BCUT2D eigenvalue weighted by atomic mass is 16.5. The van der Waals surface area contributed by atoms with E-state index >= 15 is 0 Å². The number of amides is 2. The molecule has 0 radical (unpaired) electrons. The van der Waals surface area contributed by atoms with Crippen molar-refractivity contribution in [3.05, 3.63) is 29.8 Å². The standard InChI is InChI=1S/C14H14N2O3/c1-2-9-19-13(17)10-3-5-11(6-4-10)15-14(18)16-12-7-8-12/h1,3-6,12H,7-9H2,(H2,15,16,18). The summed E-state index contributed by atoms with van der Waals surface area (Å²) in [6, 6.07) is 6.50. The summed E-state index contributed by atoms with van der Waals surface area (Å²) in [4.78, 5) is 23.0. The average Bonchev–Trinajstić information content (AvgIpc) is 3.20. The quantitative estimate of drug-likeness (QED) is 0.638. The molecule has 98 valence electrons. The second-order valence-corrected chi connectivity index (χ2v) is 4.23. The average molecular weight is 258 g/mol.